The van der Waals surface area contributed by atoms with E-state index in [0.717, 1.165) is 16.7 Å². The van der Waals surface area contributed by atoms with Crippen molar-refractivity contribution < 1.29 is 19.1 Å². The predicted molar refractivity (Wildman–Crippen MR) is 116 cm³/mol. The molecule has 0 aliphatic carbocycles. The van der Waals surface area contributed by atoms with Crippen LogP contribution in [-0.2, 0) is 32.1 Å². The van der Waals surface area contributed by atoms with Crippen molar-refractivity contribution in [2.75, 3.05) is 13.7 Å². The Labute approximate surface area is 178 Å². The standard InChI is InChI=1S/C24H30N2O4/c1-17(2)23(25-21(27)14-19-8-6-5-7-9-19)24(29)30-16-22(28)26(4)15-20-12-10-18(3)11-13-20/h5-13,17,23H,14-16H2,1-4H3,(H,25,27)/t23-/m0/s1. The van der Waals surface area contributed by atoms with E-state index in [4.69, 9.17) is 4.74 Å². The van der Waals surface area contributed by atoms with Gasteiger partial charge in [-0.25, -0.2) is 4.79 Å². The number of likely N-dealkylation sites (N-methyl/N-ethyl adjacent to an activating group) is 1. The lowest BCUT2D eigenvalue weighted by Crippen LogP contribution is -2.46. The minimum atomic E-state index is -0.809. The number of esters is 1. The van der Waals surface area contributed by atoms with Crippen LogP contribution in [0.4, 0.5) is 0 Å². The average molecular weight is 411 g/mol. The third-order valence-corrected chi connectivity index (χ3v) is 4.75. The minimum absolute atomic E-state index is 0.169. The molecule has 0 saturated heterocycles. The number of nitrogens with zero attached hydrogens (tertiary/aromatic N) is 1. The number of rotatable bonds is 9. The van der Waals surface area contributed by atoms with Gasteiger partial charge in [-0.1, -0.05) is 74.0 Å². The summed E-state index contributed by atoms with van der Waals surface area (Å²) in [6, 6.07) is 16.4. The first kappa shape index (κ1) is 23.1. The number of nitrogens with one attached hydrogen (secondary N) is 1. The molecule has 0 spiro atoms. The van der Waals surface area contributed by atoms with E-state index in [1.165, 1.54) is 4.90 Å². The van der Waals surface area contributed by atoms with Crippen molar-refractivity contribution in [1.29, 1.82) is 0 Å². The van der Waals surface area contributed by atoms with Gasteiger partial charge in [0.15, 0.2) is 6.61 Å². The van der Waals surface area contributed by atoms with Crippen LogP contribution >= 0.6 is 0 Å². The van der Waals surface area contributed by atoms with Gasteiger partial charge in [0, 0.05) is 13.6 Å². The SMILES string of the molecule is Cc1ccc(CN(C)C(=O)COC(=O)[C@@H](NC(=O)Cc2ccccc2)C(C)C)cc1. The first-order chi connectivity index (χ1) is 14.3. The Morgan fingerprint density at radius 3 is 2.20 bits per heavy atom. The topological polar surface area (TPSA) is 75.7 Å². The summed E-state index contributed by atoms with van der Waals surface area (Å²) in [7, 11) is 1.66. The van der Waals surface area contributed by atoms with E-state index in [1.54, 1.807) is 7.05 Å². The molecule has 1 atom stereocenters. The van der Waals surface area contributed by atoms with E-state index >= 15 is 0 Å². The van der Waals surface area contributed by atoms with E-state index in [2.05, 4.69) is 5.32 Å². The molecule has 0 fully saturated rings. The van der Waals surface area contributed by atoms with Crippen molar-refractivity contribution in [1.82, 2.24) is 10.2 Å². The quantitative estimate of drug-likeness (QED) is 0.645. The van der Waals surface area contributed by atoms with Crippen LogP contribution in [0.25, 0.3) is 0 Å². The lowest BCUT2D eigenvalue weighted by molar-refractivity contribution is -0.155. The van der Waals surface area contributed by atoms with Crippen molar-refractivity contribution in [3.63, 3.8) is 0 Å². The number of ether oxygens (including phenoxy) is 1. The zero-order valence-corrected chi connectivity index (χ0v) is 18.1. The molecule has 0 unspecified atom stereocenters. The Balaban J connectivity index is 1.85. The van der Waals surface area contributed by atoms with Gasteiger partial charge in [-0.05, 0) is 24.0 Å². The molecule has 2 aromatic rings. The third kappa shape index (κ3) is 7.35. The van der Waals surface area contributed by atoms with E-state index in [-0.39, 0.29) is 30.8 Å². The highest BCUT2D eigenvalue weighted by Gasteiger charge is 2.26. The van der Waals surface area contributed by atoms with Crippen molar-refractivity contribution >= 4 is 17.8 Å². The van der Waals surface area contributed by atoms with Crippen LogP contribution in [0.3, 0.4) is 0 Å². The summed E-state index contributed by atoms with van der Waals surface area (Å²) in [5, 5.41) is 2.72. The molecule has 6 heteroatoms. The zero-order valence-electron chi connectivity index (χ0n) is 18.1. The highest BCUT2D eigenvalue weighted by Crippen LogP contribution is 2.08. The Bertz CT molecular complexity index is 847. The van der Waals surface area contributed by atoms with Gasteiger partial charge in [0.2, 0.25) is 5.91 Å². The second-order valence-electron chi connectivity index (χ2n) is 7.79. The normalized spacial score (nSPS) is 11.6. The van der Waals surface area contributed by atoms with E-state index in [9.17, 15) is 14.4 Å². The maximum absolute atomic E-state index is 12.5. The maximum Gasteiger partial charge on any atom is 0.329 e. The Morgan fingerprint density at radius 2 is 1.60 bits per heavy atom. The monoisotopic (exact) mass is 410 g/mol. The lowest BCUT2D eigenvalue weighted by atomic mass is 10.0. The van der Waals surface area contributed by atoms with Crippen LogP contribution < -0.4 is 5.32 Å². The van der Waals surface area contributed by atoms with Crippen molar-refractivity contribution in [2.45, 2.75) is 39.8 Å². The van der Waals surface area contributed by atoms with Gasteiger partial charge in [-0.2, -0.15) is 0 Å². The summed E-state index contributed by atoms with van der Waals surface area (Å²) in [6.07, 6.45) is 0.176. The zero-order chi connectivity index (χ0) is 22.1. The largest absolute Gasteiger partial charge is 0.454 e. The molecule has 0 aliphatic rings. The molecule has 2 amide bonds. The number of carbonyl (C=O) groups excluding carboxylic acids is 3. The van der Waals surface area contributed by atoms with Crippen LogP contribution in [0.15, 0.2) is 54.6 Å². The molecule has 0 radical (unpaired) electrons. The fourth-order valence-corrected chi connectivity index (χ4v) is 2.89. The van der Waals surface area contributed by atoms with Gasteiger partial charge in [0.1, 0.15) is 6.04 Å². The molecule has 6 nitrogen and oxygen atoms in total. The fraction of sp³-hybridized carbons (Fsp3) is 0.375. The van der Waals surface area contributed by atoms with Gasteiger partial charge < -0.3 is 15.0 Å². The van der Waals surface area contributed by atoms with Crippen LogP contribution in [0.5, 0.6) is 0 Å². The molecule has 0 heterocycles. The molecule has 2 rings (SSSR count). The van der Waals surface area contributed by atoms with Crippen molar-refractivity contribution in [3.05, 3.63) is 71.3 Å². The number of hydrogen-bond acceptors (Lipinski definition) is 4. The van der Waals surface area contributed by atoms with Crippen LogP contribution in [0.2, 0.25) is 0 Å². The van der Waals surface area contributed by atoms with E-state index in [0.29, 0.717) is 6.54 Å². The molecule has 160 valence electrons. The van der Waals surface area contributed by atoms with Crippen LogP contribution in [-0.4, -0.2) is 42.4 Å². The molecular weight excluding hydrogens is 380 g/mol. The maximum atomic E-state index is 12.5. The fourth-order valence-electron chi connectivity index (χ4n) is 2.89. The summed E-state index contributed by atoms with van der Waals surface area (Å²) in [5.41, 5.74) is 3.01. The summed E-state index contributed by atoms with van der Waals surface area (Å²) >= 11 is 0. The highest BCUT2D eigenvalue weighted by molar-refractivity contribution is 5.87. The molecule has 2 aromatic carbocycles. The van der Waals surface area contributed by atoms with Gasteiger partial charge in [0.05, 0.1) is 6.42 Å². The van der Waals surface area contributed by atoms with E-state index in [1.807, 2.05) is 75.4 Å². The van der Waals surface area contributed by atoms with Crippen molar-refractivity contribution in [3.8, 4) is 0 Å². The Morgan fingerprint density at radius 1 is 0.967 bits per heavy atom. The number of hydrogen-bond donors (Lipinski definition) is 1. The lowest BCUT2D eigenvalue weighted by Gasteiger charge is -2.22. The summed E-state index contributed by atoms with van der Waals surface area (Å²) in [5.74, 6) is -1.34. The van der Waals surface area contributed by atoms with Gasteiger partial charge >= 0.3 is 5.97 Å². The Kier molecular flexibility index (Phi) is 8.59. The first-order valence-electron chi connectivity index (χ1n) is 10.1. The molecule has 30 heavy (non-hydrogen) atoms. The number of aryl methyl sites for hydroxylation is 1. The van der Waals surface area contributed by atoms with Gasteiger partial charge in [-0.15, -0.1) is 0 Å². The smallest absolute Gasteiger partial charge is 0.329 e. The summed E-state index contributed by atoms with van der Waals surface area (Å²) in [6.45, 7) is 5.71. The van der Waals surface area contributed by atoms with Crippen LogP contribution in [0, 0.1) is 12.8 Å². The average Bonchev–Trinajstić information content (AvgIpc) is 2.72. The number of carbonyl (C=O) groups is 3. The second-order valence-corrected chi connectivity index (χ2v) is 7.79. The molecular formula is C24H30N2O4. The second kappa shape index (κ2) is 11.1. The summed E-state index contributed by atoms with van der Waals surface area (Å²) in [4.78, 5) is 38.6. The molecule has 0 saturated carbocycles. The van der Waals surface area contributed by atoms with Gasteiger partial charge in [-0.3, -0.25) is 9.59 Å². The molecule has 0 aromatic heterocycles. The number of benzene rings is 2. The first-order valence-corrected chi connectivity index (χ1v) is 10.1. The summed E-state index contributed by atoms with van der Waals surface area (Å²) < 4.78 is 5.21. The highest BCUT2D eigenvalue weighted by atomic mass is 16.5. The van der Waals surface area contributed by atoms with E-state index < -0.39 is 12.0 Å². The molecule has 0 bridgehead atoms. The molecule has 0 aliphatic heterocycles. The van der Waals surface area contributed by atoms with Crippen molar-refractivity contribution in [2.24, 2.45) is 5.92 Å². The predicted octanol–water partition coefficient (Wildman–Crippen LogP) is 2.88. The number of amides is 2. The molecule has 1 N–H and O–H groups in total. The van der Waals surface area contributed by atoms with Crippen LogP contribution in [0.1, 0.15) is 30.5 Å². The third-order valence-electron chi connectivity index (χ3n) is 4.75. The van der Waals surface area contributed by atoms with Gasteiger partial charge in [0.25, 0.3) is 5.91 Å². The minimum Gasteiger partial charge on any atom is -0.454 e. The Hall–Kier alpha value is -3.15.